The highest BCUT2D eigenvalue weighted by Crippen LogP contribution is 2.38. The first-order chi connectivity index (χ1) is 28.8. The van der Waals surface area contributed by atoms with Crippen molar-refractivity contribution in [3.05, 3.63) is 58.1 Å². The van der Waals surface area contributed by atoms with Crippen molar-refractivity contribution in [1.29, 1.82) is 0 Å². The van der Waals surface area contributed by atoms with Crippen molar-refractivity contribution in [1.82, 2.24) is 24.5 Å². The molecule has 0 bridgehead atoms. The van der Waals surface area contributed by atoms with Gasteiger partial charge >= 0.3 is 24.3 Å². The Kier molecular flexibility index (Phi) is 13.6. The fourth-order valence-corrected chi connectivity index (χ4v) is 9.51. The first kappa shape index (κ1) is 43.3. The number of esters is 1. The topological polar surface area (TPSA) is 158 Å². The highest BCUT2D eigenvalue weighted by molar-refractivity contribution is 6.33. The van der Waals surface area contributed by atoms with Gasteiger partial charge in [-0.2, -0.15) is 13.2 Å². The van der Waals surface area contributed by atoms with Gasteiger partial charge in [0, 0.05) is 69.9 Å². The van der Waals surface area contributed by atoms with E-state index in [9.17, 15) is 37.1 Å². The number of ether oxygens (including phenoxy) is 2. The quantitative estimate of drug-likeness (QED) is 0.231. The van der Waals surface area contributed by atoms with Gasteiger partial charge in [0.05, 0.1) is 22.8 Å². The number of hydrogen-bond donors (Lipinski definition) is 2. The van der Waals surface area contributed by atoms with Gasteiger partial charge in [0.25, 0.3) is 5.91 Å². The molecule has 5 aliphatic rings. The molecular formula is C42H53ClF3N7O7. The number of halogens is 4. The molecule has 4 fully saturated rings. The van der Waals surface area contributed by atoms with Crippen LogP contribution in [0.1, 0.15) is 74.5 Å². The molecule has 0 saturated carbocycles. The van der Waals surface area contributed by atoms with Crippen LogP contribution in [0.3, 0.4) is 0 Å². The first-order valence-electron chi connectivity index (χ1n) is 21.0. The summed E-state index contributed by atoms with van der Waals surface area (Å²) in [6, 6.07) is 8.90. The molecule has 2 aromatic carbocycles. The number of nitrogens with two attached hydrogens (primary N) is 1. The number of piperidine rings is 3. The molecule has 5 amide bonds. The van der Waals surface area contributed by atoms with Crippen molar-refractivity contribution in [3.8, 4) is 0 Å². The van der Waals surface area contributed by atoms with Gasteiger partial charge in [-0.25, -0.2) is 9.59 Å². The van der Waals surface area contributed by atoms with Gasteiger partial charge in [0.15, 0.2) is 6.10 Å². The maximum absolute atomic E-state index is 14.3. The lowest BCUT2D eigenvalue weighted by molar-refractivity contribution is -0.155. The van der Waals surface area contributed by atoms with Crippen molar-refractivity contribution >= 4 is 52.9 Å². The number of benzene rings is 2. The Bertz CT molecular complexity index is 1920. The number of hydrogen-bond acceptors (Lipinski definition) is 9. The monoisotopic (exact) mass is 859 g/mol. The molecule has 0 radical (unpaired) electrons. The van der Waals surface area contributed by atoms with E-state index in [1.807, 2.05) is 24.3 Å². The number of fused-ring (bicyclic) bond motifs is 1. The normalized spacial score (nSPS) is 21.6. The molecule has 7 rings (SSSR count). The van der Waals surface area contributed by atoms with Crippen molar-refractivity contribution < 1.29 is 46.6 Å². The Morgan fingerprint density at radius 2 is 1.58 bits per heavy atom. The highest BCUT2D eigenvalue weighted by Gasteiger charge is 2.40. The minimum absolute atomic E-state index is 0.0261. The molecule has 0 aliphatic carbocycles. The van der Waals surface area contributed by atoms with Gasteiger partial charge in [-0.3, -0.25) is 19.3 Å². The maximum atomic E-state index is 14.3. The number of amides is 5. The minimum atomic E-state index is -4.81. The summed E-state index contributed by atoms with van der Waals surface area (Å²) in [6.45, 7) is 3.41. The number of anilines is 2. The molecule has 4 saturated heterocycles. The predicted octanol–water partition coefficient (Wildman–Crippen LogP) is 5.55. The van der Waals surface area contributed by atoms with E-state index in [0.717, 1.165) is 36.6 Å². The first-order valence-corrected chi connectivity index (χ1v) is 21.4. The average Bonchev–Trinajstić information content (AvgIpc) is 3.57. The van der Waals surface area contributed by atoms with Gasteiger partial charge in [-0.15, -0.1) is 0 Å². The summed E-state index contributed by atoms with van der Waals surface area (Å²) < 4.78 is 53.4. The fraction of sp³-hybridized carbons (Fsp3) is 0.595. The molecule has 5 aliphatic heterocycles. The number of para-hydroxylation sites is 1. The Morgan fingerprint density at radius 1 is 0.867 bits per heavy atom. The van der Waals surface area contributed by atoms with E-state index in [0.29, 0.717) is 71.1 Å². The minimum Gasteiger partial charge on any atom is -0.463 e. The lowest BCUT2D eigenvalue weighted by atomic mass is 9.94. The maximum Gasteiger partial charge on any atom is 0.418 e. The largest absolute Gasteiger partial charge is 0.463 e. The van der Waals surface area contributed by atoms with Crippen LogP contribution in [0.15, 0.2) is 36.4 Å². The SMILES string of the molecule is Nc1c(Cl)cc(C[C@@H](OC(=O)N2CCC(N3CCc4ccccc4NC3=O)CC2)C(=O)N2CCC(N3CCCC[C@H]3C(=O)OCCN3CCCC3=O)CC2)cc1C(F)(F)F. The van der Waals surface area contributed by atoms with Crippen LogP contribution in [0.5, 0.6) is 0 Å². The number of carbonyl (C=O) groups excluding carboxylic acids is 5. The summed E-state index contributed by atoms with van der Waals surface area (Å²) in [7, 11) is 0. The van der Waals surface area contributed by atoms with Crippen LogP contribution in [0.25, 0.3) is 0 Å². The number of urea groups is 1. The van der Waals surface area contributed by atoms with E-state index in [-0.39, 0.29) is 79.8 Å². The van der Waals surface area contributed by atoms with Crippen molar-refractivity contribution in [3.63, 3.8) is 0 Å². The Balaban J connectivity index is 0.991. The molecule has 5 heterocycles. The lowest BCUT2D eigenvalue weighted by Crippen LogP contribution is -2.56. The zero-order valence-corrected chi connectivity index (χ0v) is 34.4. The third kappa shape index (κ3) is 10.0. The fourth-order valence-electron chi connectivity index (χ4n) is 9.27. The second-order valence-corrected chi connectivity index (χ2v) is 16.7. The van der Waals surface area contributed by atoms with Crippen LogP contribution in [0, 0.1) is 0 Å². The van der Waals surface area contributed by atoms with Crippen LogP contribution in [0.4, 0.5) is 34.1 Å². The highest BCUT2D eigenvalue weighted by atomic mass is 35.5. The number of nitrogens with zero attached hydrogens (tertiary/aromatic N) is 5. The molecule has 0 spiro atoms. The van der Waals surface area contributed by atoms with E-state index < -0.39 is 41.6 Å². The molecule has 0 unspecified atom stereocenters. The number of alkyl halides is 3. The number of nitrogens with one attached hydrogen (secondary N) is 1. The summed E-state index contributed by atoms with van der Waals surface area (Å²) in [6.07, 6.45) is -1.05. The third-order valence-electron chi connectivity index (χ3n) is 12.6. The number of rotatable bonds is 10. The summed E-state index contributed by atoms with van der Waals surface area (Å²) >= 11 is 6.15. The van der Waals surface area contributed by atoms with E-state index in [1.54, 1.807) is 14.7 Å². The van der Waals surface area contributed by atoms with Gasteiger partial charge in [0.2, 0.25) is 5.91 Å². The molecule has 3 N–H and O–H groups in total. The van der Waals surface area contributed by atoms with Gasteiger partial charge in [-0.1, -0.05) is 36.2 Å². The summed E-state index contributed by atoms with van der Waals surface area (Å²) in [5, 5.41) is 2.65. The van der Waals surface area contributed by atoms with Crippen molar-refractivity contribution in [2.45, 2.75) is 101 Å². The van der Waals surface area contributed by atoms with Gasteiger partial charge in [-0.05, 0) is 87.2 Å². The van der Waals surface area contributed by atoms with E-state index in [2.05, 4.69) is 10.2 Å². The molecule has 60 heavy (non-hydrogen) atoms. The number of likely N-dealkylation sites (tertiary alicyclic amines) is 4. The molecular weight excluding hydrogens is 807 g/mol. The van der Waals surface area contributed by atoms with E-state index >= 15 is 0 Å². The Hall–Kier alpha value is -4.77. The zero-order valence-electron chi connectivity index (χ0n) is 33.6. The number of carbonyl (C=O) groups is 5. The molecule has 326 valence electrons. The zero-order chi connectivity index (χ0) is 42.6. The molecule has 14 nitrogen and oxygen atoms in total. The van der Waals surface area contributed by atoms with Crippen LogP contribution >= 0.6 is 11.6 Å². The lowest BCUT2D eigenvalue weighted by Gasteiger charge is -2.44. The average molecular weight is 860 g/mol. The van der Waals surface area contributed by atoms with Crippen LogP contribution in [-0.4, -0.2) is 138 Å². The van der Waals surface area contributed by atoms with Crippen LogP contribution in [-0.2, 0) is 42.9 Å². The van der Waals surface area contributed by atoms with Gasteiger partial charge < -0.3 is 40.1 Å². The molecule has 2 aromatic rings. The van der Waals surface area contributed by atoms with E-state index in [1.165, 1.54) is 11.0 Å². The standard InChI is InChI=1S/C42H53ClF3N7O7/c43-32-25-27(24-31(37(32)47)42(44,45)46)26-35(60-41(58)51-19-13-30(14-20-51)53-21-10-28-6-1-2-7-33(28)48-40(53)57)38(55)50-17-11-29(12-18-50)52-16-4-3-8-34(52)39(56)59-23-22-49-15-5-9-36(49)54/h1-2,6-7,24-25,29-30,34-35H,3-5,8-23,26,47H2,(H,48,57)/t34-,35+/m0/s1. The second-order valence-electron chi connectivity index (χ2n) is 16.3. The molecule has 0 aromatic heterocycles. The summed E-state index contributed by atoms with van der Waals surface area (Å²) in [5.74, 6) is -0.805. The Morgan fingerprint density at radius 3 is 2.30 bits per heavy atom. The van der Waals surface area contributed by atoms with E-state index in [4.69, 9.17) is 26.8 Å². The molecule has 2 atom stereocenters. The number of nitrogen functional groups attached to an aromatic ring is 1. The predicted molar refractivity (Wildman–Crippen MR) is 216 cm³/mol. The van der Waals surface area contributed by atoms with Crippen LogP contribution in [0.2, 0.25) is 5.02 Å². The second kappa shape index (κ2) is 18.9. The van der Waals surface area contributed by atoms with Crippen LogP contribution < -0.4 is 11.1 Å². The van der Waals surface area contributed by atoms with Crippen molar-refractivity contribution in [2.24, 2.45) is 0 Å². The summed E-state index contributed by atoms with van der Waals surface area (Å²) in [4.78, 5) is 75.1. The van der Waals surface area contributed by atoms with Gasteiger partial charge in [0.1, 0.15) is 12.6 Å². The summed E-state index contributed by atoms with van der Waals surface area (Å²) in [5.41, 5.74) is 5.74. The smallest absolute Gasteiger partial charge is 0.418 e. The van der Waals surface area contributed by atoms with Crippen molar-refractivity contribution in [2.75, 3.05) is 70.0 Å². The third-order valence-corrected chi connectivity index (χ3v) is 12.9. The Labute approximate surface area is 352 Å². The molecule has 18 heteroatoms.